The van der Waals surface area contributed by atoms with Gasteiger partial charge in [-0.05, 0) is 18.6 Å². The largest absolute Gasteiger partial charge is 0.322 e. The van der Waals surface area contributed by atoms with Crippen molar-refractivity contribution in [2.45, 2.75) is 13.3 Å². The summed E-state index contributed by atoms with van der Waals surface area (Å²) in [6.07, 6.45) is 0.820. The minimum atomic E-state index is 0.672. The molecule has 0 unspecified atom stereocenters. The number of hydrazine groups is 1. The lowest BCUT2D eigenvalue weighted by Gasteiger charge is -2.08. The summed E-state index contributed by atoms with van der Waals surface area (Å²) in [6.45, 7) is 2.03. The number of pyridine rings is 1. The Hall–Kier alpha value is -1.32. The molecule has 0 aliphatic carbocycles. The van der Waals surface area contributed by atoms with Crippen molar-refractivity contribution in [3.63, 3.8) is 0 Å². The highest BCUT2D eigenvalue weighted by Gasteiger charge is 2.06. The minimum absolute atomic E-state index is 0.672. The number of anilines is 1. The molecule has 0 bridgehead atoms. The third-order valence-electron chi connectivity index (χ3n) is 2.37. The number of aryl methyl sites for hydroxylation is 1. The van der Waals surface area contributed by atoms with Gasteiger partial charge < -0.3 is 5.43 Å². The van der Waals surface area contributed by atoms with Gasteiger partial charge in [-0.3, -0.25) is 5.84 Å². The molecule has 0 saturated carbocycles. The Morgan fingerprint density at radius 2 is 2.27 bits per heavy atom. The maximum atomic E-state index is 6.07. The Bertz CT molecular complexity index is 496. The van der Waals surface area contributed by atoms with E-state index in [1.54, 1.807) is 0 Å². The number of hydrogen-bond donors (Lipinski definition) is 2. The summed E-state index contributed by atoms with van der Waals surface area (Å²) < 4.78 is 0. The number of nitrogen functional groups attached to an aromatic ring is 1. The average Bonchev–Trinajstić information content (AvgIpc) is 2.28. The first-order chi connectivity index (χ1) is 7.26. The molecular weight excluding hydrogens is 210 g/mol. The predicted octanol–water partition coefficient (Wildman–Crippen LogP) is 2.74. The molecule has 4 heteroatoms. The molecule has 2 aromatic rings. The summed E-state index contributed by atoms with van der Waals surface area (Å²) in [7, 11) is 0. The molecule has 3 nitrogen and oxygen atoms in total. The molecule has 0 aliphatic rings. The second kappa shape index (κ2) is 4.04. The van der Waals surface area contributed by atoms with Gasteiger partial charge in [0.1, 0.15) is 0 Å². The summed E-state index contributed by atoms with van der Waals surface area (Å²) in [5.74, 6) is 5.43. The predicted molar refractivity (Wildman–Crippen MR) is 63.9 cm³/mol. The maximum Gasteiger partial charge on any atom is 0.0893 e. The van der Waals surface area contributed by atoms with Gasteiger partial charge in [0.2, 0.25) is 0 Å². The second-order valence-electron chi connectivity index (χ2n) is 3.29. The van der Waals surface area contributed by atoms with Gasteiger partial charge in [-0.2, -0.15) is 0 Å². The first-order valence-electron chi connectivity index (χ1n) is 4.81. The lowest BCUT2D eigenvalue weighted by molar-refractivity contribution is 1.05. The zero-order valence-corrected chi connectivity index (χ0v) is 9.17. The normalized spacial score (nSPS) is 10.6. The number of halogens is 1. The monoisotopic (exact) mass is 221 g/mol. The number of hydrogen-bond acceptors (Lipinski definition) is 3. The van der Waals surface area contributed by atoms with Crippen LogP contribution in [0.3, 0.4) is 0 Å². The van der Waals surface area contributed by atoms with Crippen molar-refractivity contribution in [2.24, 2.45) is 5.84 Å². The number of benzene rings is 1. The number of nitrogens with two attached hydrogens (primary N) is 1. The van der Waals surface area contributed by atoms with Gasteiger partial charge in [0.25, 0.3) is 0 Å². The quantitative estimate of drug-likeness (QED) is 0.606. The topological polar surface area (TPSA) is 50.9 Å². The Kier molecular flexibility index (Phi) is 2.75. The zero-order chi connectivity index (χ0) is 10.8. The van der Waals surface area contributed by atoms with E-state index < -0.39 is 0 Å². The van der Waals surface area contributed by atoms with Crippen LogP contribution in [-0.2, 0) is 6.42 Å². The SMILES string of the molecule is CCc1nc2c(Cl)cccc2cc1NN. The van der Waals surface area contributed by atoms with Crippen LogP contribution in [0.1, 0.15) is 12.6 Å². The molecule has 1 aromatic carbocycles. The third-order valence-corrected chi connectivity index (χ3v) is 2.67. The Balaban J connectivity index is 2.75. The molecule has 2 rings (SSSR count). The zero-order valence-electron chi connectivity index (χ0n) is 8.42. The van der Waals surface area contributed by atoms with E-state index in [4.69, 9.17) is 17.4 Å². The van der Waals surface area contributed by atoms with Crippen molar-refractivity contribution < 1.29 is 0 Å². The fourth-order valence-electron chi connectivity index (χ4n) is 1.59. The van der Waals surface area contributed by atoms with E-state index in [2.05, 4.69) is 10.4 Å². The van der Waals surface area contributed by atoms with Crippen LogP contribution in [0.2, 0.25) is 5.02 Å². The van der Waals surface area contributed by atoms with Crippen LogP contribution in [0.25, 0.3) is 10.9 Å². The van der Waals surface area contributed by atoms with Gasteiger partial charge in [0.15, 0.2) is 0 Å². The Morgan fingerprint density at radius 1 is 1.47 bits per heavy atom. The van der Waals surface area contributed by atoms with Gasteiger partial charge in [0.05, 0.1) is 21.9 Å². The molecule has 1 aromatic heterocycles. The van der Waals surface area contributed by atoms with Crippen molar-refractivity contribution in [2.75, 3.05) is 5.43 Å². The van der Waals surface area contributed by atoms with Crippen molar-refractivity contribution in [1.82, 2.24) is 4.98 Å². The van der Waals surface area contributed by atoms with E-state index >= 15 is 0 Å². The first kappa shape index (κ1) is 10.2. The van der Waals surface area contributed by atoms with Crippen LogP contribution < -0.4 is 11.3 Å². The molecule has 15 heavy (non-hydrogen) atoms. The highest BCUT2D eigenvalue weighted by molar-refractivity contribution is 6.35. The van der Waals surface area contributed by atoms with E-state index in [9.17, 15) is 0 Å². The van der Waals surface area contributed by atoms with Crippen molar-refractivity contribution >= 4 is 28.2 Å². The fraction of sp³-hybridized carbons (Fsp3) is 0.182. The van der Waals surface area contributed by atoms with Crippen molar-refractivity contribution in [1.29, 1.82) is 0 Å². The summed E-state index contributed by atoms with van der Waals surface area (Å²) in [4.78, 5) is 4.49. The second-order valence-corrected chi connectivity index (χ2v) is 3.70. The van der Waals surface area contributed by atoms with E-state index in [1.165, 1.54) is 0 Å². The molecular formula is C11H12ClN3. The molecule has 0 amide bonds. The fourth-order valence-corrected chi connectivity index (χ4v) is 1.82. The number of nitrogens with zero attached hydrogens (tertiary/aromatic N) is 1. The van der Waals surface area contributed by atoms with Crippen molar-refractivity contribution in [3.8, 4) is 0 Å². The van der Waals surface area contributed by atoms with Gasteiger partial charge >= 0.3 is 0 Å². The van der Waals surface area contributed by atoms with Gasteiger partial charge in [-0.1, -0.05) is 30.7 Å². The molecule has 0 aliphatic heterocycles. The van der Waals surface area contributed by atoms with Crippen LogP contribution in [0.4, 0.5) is 5.69 Å². The summed E-state index contributed by atoms with van der Waals surface area (Å²) in [5.41, 5.74) is 5.26. The van der Waals surface area contributed by atoms with E-state index in [-0.39, 0.29) is 0 Å². The molecule has 0 spiro atoms. The molecule has 0 radical (unpaired) electrons. The smallest absolute Gasteiger partial charge is 0.0893 e. The number of rotatable bonds is 2. The first-order valence-corrected chi connectivity index (χ1v) is 5.18. The number of fused-ring (bicyclic) bond motifs is 1. The minimum Gasteiger partial charge on any atom is -0.322 e. The summed E-state index contributed by atoms with van der Waals surface area (Å²) >= 11 is 6.07. The number of para-hydroxylation sites is 1. The Morgan fingerprint density at radius 3 is 2.93 bits per heavy atom. The summed E-state index contributed by atoms with van der Waals surface area (Å²) in [5, 5.41) is 1.67. The molecule has 0 atom stereocenters. The van der Waals surface area contributed by atoms with E-state index in [0.717, 1.165) is 28.7 Å². The lowest BCUT2D eigenvalue weighted by atomic mass is 10.1. The van der Waals surface area contributed by atoms with Gasteiger partial charge in [0, 0.05) is 5.39 Å². The standard InChI is InChI=1S/C11H12ClN3/c1-2-9-10(15-13)6-7-4-3-5-8(12)11(7)14-9/h3-6,15H,2,13H2,1H3. The molecule has 78 valence electrons. The van der Waals surface area contributed by atoms with Crippen LogP contribution in [0.15, 0.2) is 24.3 Å². The molecule has 1 heterocycles. The number of aromatic nitrogens is 1. The molecule has 0 fully saturated rings. The van der Waals surface area contributed by atoms with Gasteiger partial charge in [-0.15, -0.1) is 0 Å². The van der Waals surface area contributed by atoms with Crippen LogP contribution in [0, 0.1) is 0 Å². The highest BCUT2D eigenvalue weighted by Crippen LogP contribution is 2.25. The summed E-state index contributed by atoms with van der Waals surface area (Å²) in [6, 6.07) is 7.67. The molecule has 3 N–H and O–H groups in total. The van der Waals surface area contributed by atoms with E-state index in [0.29, 0.717) is 5.02 Å². The van der Waals surface area contributed by atoms with E-state index in [1.807, 2.05) is 31.2 Å². The number of nitrogens with one attached hydrogen (secondary N) is 1. The third kappa shape index (κ3) is 1.76. The average molecular weight is 222 g/mol. The molecule has 0 saturated heterocycles. The maximum absolute atomic E-state index is 6.07. The lowest BCUT2D eigenvalue weighted by Crippen LogP contribution is -2.10. The highest BCUT2D eigenvalue weighted by atomic mass is 35.5. The van der Waals surface area contributed by atoms with Crippen LogP contribution >= 0.6 is 11.6 Å². The Labute approximate surface area is 93.2 Å². The van der Waals surface area contributed by atoms with Crippen LogP contribution in [-0.4, -0.2) is 4.98 Å². The van der Waals surface area contributed by atoms with Crippen LogP contribution in [0.5, 0.6) is 0 Å². The van der Waals surface area contributed by atoms with Crippen molar-refractivity contribution in [3.05, 3.63) is 35.0 Å². The van der Waals surface area contributed by atoms with Gasteiger partial charge in [-0.25, -0.2) is 4.98 Å².